The summed E-state index contributed by atoms with van der Waals surface area (Å²) in [5.74, 6) is 0. The third-order valence-electron chi connectivity index (χ3n) is 5.11. The van der Waals surface area contributed by atoms with Crippen molar-refractivity contribution in [3.63, 3.8) is 0 Å². The quantitative estimate of drug-likeness (QED) is 0.430. The molecule has 0 atom stereocenters. The van der Waals surface area contributed by atoms with Crippen LogP contribution in [-0.2, 0) is 0 Å². The molecular formula is C26H32. The van der Waals surface area contributed by atoms with E-state index in [4.69, 9.17) is 0 Å². The van der Waals surface area contributed by atoms with E-state index in [1.807, 2.05) is 6.08 Å². The van der Waals surface area contributed by atoms with Gasteiger partial charge >= 0.3 is 0 Å². The van der Waals surface area contributed by atoms with Crippen LogP contribution in [0.5, 0.6) is 0 Å². The van der Waals surface area contributed by atoms with Crippen molar-refractivity contribution in [3.8, 4) is 0 Å². The van der Waals surface area contributed by atoms with Gasteiger partial charge < -0.3 is 0 Å². The Morgan fingerprint density at radius 3 is 2.50 bits per heavy atom. The van der Waals surface area contributed by atoms with Gasteiger partial charge in [0.15, 0.2) is 0 Å². The predicted molar refractivity (Wildman–Crippen MR) is 117 cm³/mol. The maximum atomic E-state index is 4.32. The highest BCUT2D eigenvalue weighted by molar-refractivity contribution is 5.59. The van der Waals surface area contributed by atoms with Crippen molar-refractivity contribution in [2.75, 3.05) is 0 Å². The molecule has 0 N–H and O–H groups in total. The Morgan fingerprint density at radius 2 is 1.88 bits per heavy atom. The van der Waals surface area contributed by atoms with E-state index in [0.717, 1.165) is 42.4 Å². The van der Waals surface area contributed by atoms with Gasteiger partial charge in [0.25, 0.3) is 0 Å². The van der Waals surface area contributed by atoms with Crippen molar-refractivity contribution in [2.24, 2.45) is 0 Å². The van der Waals surface area contributed by atoms with Crippen molar-refractivity contribution in [3.05, 3.63) is 106 Å². The lowest BCUT2D eigenvalue weighted by Gasteiger charge is -2.24. The predicted octanol–water partition coefficient (Wildman–Crippen LogP) is 7.88. The summed E-state index contributed by atoms with van der Waals surface area (Å²) in [7, 11) is 0. The Hall–Kier alpha value is -2.34. The minimum atomic E-state index is 1.05. The van der Waals surface area contributed by atoms with Gasteiger partial charge in [0.05, 0.1) is 0 Å². The van der Waals surface area contributed by atoms with Crippen LogP contribution in [0.3, 0.4) is 0 Å². The first kappa shape index (κ1) is 20.0. The summed E-state index contributed by atoms with van der Waals surface area (Å²) in [6.45, 7) is 16.8. The van der Waals surface area contributed by atoms with Crippen molar-refractivity contribution < 1.29 is 0 Å². The molecule has 0 saturated heterocycles. The van der Waals surface area contributed by atoms with Crippen LogP contribution in [0.25, 0.3) is 0 Å². The molecule has 0 heteroatoms. The Balaban J connectivity index is 2.43. The molecule has 0 amide bonds. The largest absolute Gasteiger partial charge is 0.0988 e. The standard InChI is InChI=1S/C26H32/c1-7-19(3)17-23(8-2)21(5)18-22(6)26-20(4)13-12-16-25(26)24-14-10-9-11-15-24/h7-10,13-14,17-18H,1,5,11-12,15-16H2,2-4,6H3/b19-17-,22-18-,23-8+. The highest BCUT2D eigenvalue weighted by Gasteiger charge is 2.18. The molecule has 0 fully saturated rings. The summed E-state index contributed by atoms with van der Waals surface area (Å²) in [6, 6.07) is 0. The Morgan fingerprint density at radius 1 is 1.12 bits per heavy atom. The summed E-state index contributed by atoms with van der Waals surface area (Å²) >= 11 is 0. The SMILES string of the molecule is C=C/C(C)=C\C(=C/C)C(=C)/C=C(/C)C1=C(C2=CC=CCC2)CCC=C1C. The van der Waals surface area contributed by atoms with Crippen molar-refractivity contribution >= 4 is 0 Å². The van der Waals surface area contributed by atoms with Crippen LogP contribution in [0, 0.1) is 0 Å². The summed E-state index contributed by atoms with van der Waals surface area (Å²) in [5.41, 5.74) is 10.5. The van der Waals surface area contributed by atoms with Gasteiger partial charge in [-0.25, -0.2) is 0 Å². The van der Waals surface area contributed by atoms with Crippen molar-refractivity contribution in [2.45, 2.75) is 53.4 Å². The first-order chi connectivity index (χ1) is 12.5. The molecule has 0 saturated carbocycles. The smallest absolute Gasteiger partial charge is 0.0166 e. The van der Waals surface area contributed by atoms with Crippen LogP contribution in [0.1, 0.15) is 53.4 Å². The zero-order valence-electron chi connectivity index (χ0n) is 16.9. The van der Waals surface area contributed by atoms with Crippen molar-refractivity contribution in [1.82, 2.24) is 0 Å². The summed E-state index contributed by atoms with van der Waals surface area (Å²) < 4.78 is 0. The van der Waals surface area contributed by atoms with Gasteiger partial charge in [0.2, 0.25) is 0 Å². The normalized spacial score (nSPS) is 19.3. The average molecular weight is 345 g/mol. The molecule has 2 rings (SSSR count). The van der Waals surface area contributed by atoms with Gasteiger partial charge in [0.1, 0.15) is 0 Å². The molecule has 0 aromatic heterocycles. The van der Waals surface area contributed by atoms with Crippen LogP contribution in [0.2, 0.25) is 0 Å². The zero-order chi connectivity index (χ0) is 19.1. The number of hydrogen-bond acceptors (Lipinski definition) is 0. The molecule has 136 valence electrons. The van der Waals surface area contributed by atoms with E-state index in [1.165, 1.54) is 27.9 Å². The molecule has 2 aliphatic rings. The maximum Gasteiger partial charge on any atom is -0.0166 e. The minimum Gasteiger partial charge on any atom is -0.0988 e. The first-order valence-corrected chi connectivity index (χ1v) is 9.59. The van der Waals surface area contributed by atoms with E-state index in [9.17, 15) is 0 Å². The highest BCUT2D eigenvalue weighted by Crippen LogP contribution is 2.37. The van der Waals surface area contributed by atoms with Crippen LogP contribution < -0.4 is 0 Å². The molecule has 0 unspecified atom stereocenters. The summed E-state index contributed by atoms with van der Waals surface area (Å²) in [6.07, 6.45) is 22.1. The second kappa shape index (κ2) is 9.38. The number of allylic oxidation sites excluding steroid dienone is 16. The van der Waals surface area contributed by atoms with Crippen LogP contribution >= 0.6 is 0 Å². The molecule has 0 heterocycles. The average Bonchev–Trinajstić information content (AvgIpc) is 2.65. The molecule has 0 aromatic carbocycles. The van der Waals surface area contributed by atoms with E-state index >= 15 is 0 Å². The van der Waals surface area contributed by atoms with Crippen LogP contribution in [0.15, 0.2) is 106 Å². The monoisotopic (exact) mass is 344 g/mol. The van der Waals surface area contributed by atoms with Crippen LogP contribution in [0.4, 0.5) is 0 Å². The molecule has 2 aliphatic carbocycles. The molecule has 0 nitrogen and oxygen atoms in total. The third kappa shape index (κ3) is 4.85. The van der Waals surface area contributed by atoms with E-state index < -0.39 is 0 Å². The minimum absolute atomic E-state index is 1.05. The van der Waals surface area contributed by atoms with Gasteiger partial charge in [-0.1, -0.05) is 67.3 Å². The second-order valence-electron chi connectivity index (χ2n) is 7.13. The lowest BCUT2D eigenvalue weighted by Crippen LogP contribution is -2.05. The zero-order valence-corrected chi connectivity index (χ0v) is 16.9. The van der Waals surface area contributed by atoms with E-state index in [-0.39, 0.29) is 0 Å². The highest BCUT2D eigenvalue weighted by atomic mass is 14.2. The van der Waals surface area contributed by atoms with E-state index in [0.29, 0.717) is 0 Å². The lowest BCUT2D eigenvalue weighted by atomic mass is 9.81. The van der Waals surface area contributed by atoms with Gasteiger partial charge in [-0.15, -0.1) is 0 Å². The van der Waals surface area contributed by atoms with Crippen molar-refractivity contribution in [1.29, 1.82) is 0 Å². The Kier molecular flexibility index (Phi) is 7.21. The third-order valence-corrected chi connectivity index (χ3v) is 5.11. The van der Waals surface area contributed by atoms with Gasteiger partial charge in [-0.3, -0.25) is 0 Å². The van der Waals surface area contributed by atoms with Gasteiger partial charge in [-0.05, 0) is 92.4 Å². The summed E-state index contributed by atoms with van der Waals surface area (Å²) in [5, 5.41) is 0. The van der Waals surface area contributed by atoms with Gasteiger partial charge in [0, 0.05) is 0 Å². The fourth-order valence-electron chi connectivity index (χ4n) is 3.70. The fourth-order valence-corrected chi connectivity index (χ4v) is 3.70. The van der Waals surface area contributed by atoms with E-state index in [2.05, 4.69) is 83.4 Å². The second-order valence-corrected chi connectivity index (χ2v) is 7.13. The topological polar surface area (TPSA) is 0 Å². The lowest BCUT2D eigenvalue weighted by molar-refractivity contribution is 0.875. The Labute approximate surface area is 160 Å². The molecule has 0 spiro atoms. The summed E-state index contributed by atoms with van der Waals surface area (Å²) in [4.78, 5) is 0. The number of hydrogen-bond donors (Lipinski definition) is 0. The molecule has 0 bridgehead atoms. The molecule has 26 heavy (non-hydrogen) atoms. The molecule has 0 aliphatic heterocycles. The first-order valence-electron chi connectivity index (χ1n) is 9.59. The molecule has 0 aromatic rings. The van der Waals surface area contributed by atoms with Gasteiger partial charge in [-0.2, -0.15) is 0 Å². The van der Waals surface area contributed by atoms with E-state index in [1.54, 1.807) is 0 Å². The maximum absolute atomic E-state index is 4.32. The Bertz CT molecular complexity index is 795. The fraction of sp³-hybridized carbons (Fsp3) is 0.308. The molecular weight excluding hydrogens is 312 g/mol. The number of rotatable bonds is 6. The van der Waals surface area contributed by atoms with Crippen LogP contribution in [-0.4, -0.2) is 0 Å². The molecule has 0 radical (unpaired) electrons.